The third-order valence-corrected chi connectivity index (χ3v) is 5.11. The number of carbonyl (C=O) groups is 1. The number of benzene rings is 1. The Labute approximate surface area is 169 Å². The number of halogens is 2. The zero-order chi connectivity index (χ0) is 19.4. The quantitative estimate of drug-likeness (QED) is 0.721. The van der Waals surface area contributed by atoms with E-state index in [-0.39, 0.29) is 11.9 Å². The molecule has 0 aliphatic carbocycles. The van der Waals surface area contributed by atoms with E-state index in [1.165, 1.54) is 6.26 Å². The van der Waals surface area contributed by atoms with Crippen molar-refractivity contribution in [1.29, 1.82) is 0 Å². The van der Waals surface area contributed by atoms with Gasteiger partial charge in [0, 0.05) is 35.7 Å². The molecular weight excluding hydrogens is 389 g/mol. The molecule has 1 aromatic carbocycles. The zero-order valence-corrected chi connectivity index (χ0v) is 17.0. The molecule has 1 saturated heterocycles. The molecule has 0 bridgehead atoms. The van der Waals surface area contributed by atoms with Crippen LogP contribution in [0.3, 0.4) is 0 Å². The highest BCUT2D eigenvalue weighted by Gasteiger charge is 2.23. The summed E-state index contributed by atoms with van der Waals surface area (Å²) >= 11 is 12.3. The van der Waals surface area contributed by atoms with Crippen LogP contribution in [0.15, 0.2) is 28.9 Å². The highest BCUT2D eigenvalue weighted by molar-refractivity contribution is 6.35. The Morgan fingerprint density at radius 1 is 1.26 bits per heavy atom. The molecule has 0 N–H and O–H groups in total. The number of oxazole rings is 1. The Morgan fingerprint density at radius 2 is 2.00 bits per heavy atom. The number of hydrogen-bond donors (Lipinski definition) is 0. The van der Waals surface area contributed by atoms with E-state index in [1.807, 2.05) is 12.1 Å². The van der Waals surface area contributed by atoms with Crippen LogP contribution in [0, 0.1) is 0 Å². The molecule has 0 radical (unpaired) electrons. The summed E-state index contributed by atoms with van der Waals surface area (Å²) in [6, 6.07) is 5.72. The number of nitrogens with zero attached hydrogens (tertiary/aromatic N) is 3. The number of morpholine rings is 1. The summed E-state index contributed by atoms with van der Waals surface area (Å²) in [4.78, 5) is 20.8. The van der Waals surface area contributed by atoms with Gasteiger partial charge in [-0.2, -0.15) is 0 Å². The normalized spacial score (nSPS) is 15.0. The lowest BCUT2D eigenvalue weighted by Crippen LogP contribution is -2.40. The molecule has 0 saturated carbocycles. The van der Waals surface area contributed by atoms with Gasteiger partial charge in [-0.15, -0.1) is 0 Å². The van der Waals surface area contributed by atoms with Crippen molar-refractivity contribution in [2.24, 2.45) is 0 Å². The van der Waals surface area contributed by atoms with Crippen LogP contribution in [-0.2, 0) is 17.8 Å². The monoisotopic (exact) mass is 411 g/mol. The molecule has 2 heterocycles. The van der Waals surface area contributed by atoms with Crippen molar-refractivity contribution in [1.82, 2.24) is 14.8 Å². The van der Waals surface area contributed by atoms with E-state index in [4.69, 9.17) is 32.4 Å². The topological polar surface area (TPSA) is 58.8 Å². The van der Waals surface area contributed by atoms with Gasteiger partial charge < -0.3 is 14.1 Å². The van der Waals surface area contributed by atoms with Gasteiger partial charge in [0.1, 0.15) is 6.26 Å². The van der Waals surface area contributed by atoms with Crippen LogP contribution in [0.5, 0.6) is 0 Å². The van der Waals surface area contributed by atoms with Gasteiger partial charge in [-0.25, -0.2) is 4.98 Å². The van der Waals surface area contributed by atoms with Gasteiger partial charge in [0.15, 0.2) is 5.69 Å². The molecule has 0 unspecified atom stereocenters. The molecule has 3 rings (SSSR count). The first-order valence-electron chi connectivity index (χ1n) is 8.93. The fourth-order valence-corrected chi connectivity index (χ4v) is 3.34. The molecule has 6 nitrogen and oxygen atoms in total. The van der Waals surface area contributed by atoms with Crippen molar-refractivity contribution in [3.63, 3.8) is 0 Å². The van der Waals surface area contributed by atoms with E-state index < -0.39 is 0 Å². The third kappa shape index (κ3) is 5.23. The minimum Gasteiger partial charge on any atom is -0.447 e. The molecule has 2 aromatic rings. The number of carbonyl (C=O) groups excluding carboxylic acids is 1. The lowest BCUT2D eigenvalue weighted by molar-refractivity contribution is 0.0299. The average Bonchev–Trinajstić information content (AvgIpc) is 3.11. The Morgan fingerprint density at radius 3 is 2.67 bits per heavy atom. The van der Waals surface area contributed by atoms with Crippen LogP contribution in [-0.4, -0.2) is 53.0 Å². The van der Waals surface area contributed by atoms with E-state index in [9.17, 15) is 4.79 Å². The second kappa shape index (κ2) is 9.06. The number of hydrogen-bond acceptors (Lipinski definition) is 5. The first-order valence-corrected chi connectivity index (χ1v) is 9.69. The summed E-state index contributed by atoms with van der Waals surface area (Å²) in [5.74, 6) is 0.385. The van der Waals surface area contributed by atoms with Crippen molar-refractivity contribution >= 4 is 29.1 Å². The highest BCUT2D eigenvalue weighted by Crippen LogP contribution is 2.24. The molecule has 8 heteroatoms. The Hall–Kier alpha value is -1.60. The number of aromatic nitrogens is 1. The van der Waals surface area contributed by atoms with E-state index in [1.54, 1.807) is 11.0 Å². The summed E-state index contributed by atoms with van der Waals surface area (Å²) in [5.41, 5.74) is 1.31. The van der Waals surface area contributed by atoms with E-state index >= 15 is 0 Å². The van der Waals surface area contributed by atoms with Gasteiger partial charge >= 0.3 is 0 Å². The third-order valence-electron chi connectivity index (χ3n) is 4.53. The van der Waals surface area contributed by atoms with Crippen LogP contribution in [0.4, 0.5) is 0 Å². The van der Waals surface area contributed by atoms with Gasteiger partial charge in [-0.3, -0.25) is 9.69 Å². The number of rotatable bonds is 6. The molecule has 0 spiro atoms. The van der Waals surface area contributed by atoms with Gasteiger partial charge in [-0.05, 0) is 31.5 Å². The van der Waals surface area contributed by atoms with Crippen LogP contribution >= 0.6 is 23.2 Å². The fourth-order valence-electron chi connectivity index (χ4n) is 2.87. The first kappa shape index (κ1) is 20.1. The largest absolute Gasteiger partial charge is 0.447 e. The molecule has 1 aromatic heterocycles. The lowest BCUT2D eigenvalue weighted by atomic mass is 10.2. The predicted molar refractivity (Wildman–Crippen MR) is 104 cm³/mol. The Balaban J connectivity index is 1.68. The summed E-state index contributed by atoms with van der Waals surface area (Å²) in [6.45, 7) is 7.55. The van der Waals surface area contributed by atoms with Crippen LogP contribution in [0.2, 0.25) is 10.0 Å². The minimum atomic E-state index is -0.120. The number of amides is 1. The molecule has 1 fully saturated rings. The first-order chi connectivity index (χ1) is 12.9. The Bertz CT molecular complexity index is 788. The molecule has 0 atom stereocenters. The van der Waals surface area contributed by atoms with Crippen molar-refractivity contribution < 1.29 is 13.9 Å². The molecule has 1 amide bonds. The molecule has 1 aliphatic heterocycles. The van der Waals surface area contributed by atoms with Gasteiger partial charge in [-0.1, -0.05) is 29.3 Å². The van der Waals surface area contributed by atoms with E-state index in [0.29, 0.717) is 61.0 Å². The summed E-state index contributed by atoms with van der Waals surface area (Å²) < 4.78 is 10.8. The van der Waals surface area contributed by atoms with Crippen LogP contribution in [0.25, 0.3) is 0 Å². The van der Waals surface area contributed by atoms with Crippen LogP contribution < -0.4 is 0 Å². The Kier molecular flexibility index (Phi) is 6.76. The van der Waals surface area contributed by atoms with Gasteiger partial charge in [0.05, 0.1) is 19.8 Å². The summed E-state index contributed by atoms with van der Waals surface area (Å²) in [5, 5.41) is 1.24. The molecular formula is C19H23Cl2N3O3. The van der Waals surface area contributed by atoms with Gasteiger partial charge in [0.2, 0.25) is 5.89 Å². The fraction of sp³-hybridized carbons (Fsp3) is 0.474. The molecule has 27 heavy (non-hydrogen) atoms. The van der Waals surface area contributed by atoms with Gasteiger partial charge in [0.25, 0.3) is 5.91 Å². The predicted octanol–water partition coefficient (Wildman–Crippen LogP) is 3.86. The maximum absolute atomic E-state index is 12.5. The highest BCUT2D eigenvalue weighted by atomic mass is 35.5. The summed E-state index contributed by atoms with van der Waals surface area (Å²) in [7, 11) is 0. The molecule has 1 aliphatic rings. The van der Waals surface area contributed by atoms with E-state index in [2.05, 4.69) is 23.7 Å². The van der Waals surface area contributed by atoms with Crippen LogP contribution in [0.1, 0.15) is 35.8 Å². The maximum Gasteiger partial charge on any atom is 0.275 e. The second-order valence-corrected chi connectivity index (χ2v) is 7.61. The second-order valence-electron chi connectivity index (χ2n) is 6.77. The van der Waals surface area contributed by atoms with Crippen molar-refractivity contribution in [3.05, 3.63) is 51.7 Å². The maximum atomic E-state index is 12.5. The van der Waals surface area contributed by atoms with E-state index in [0.717, 1.165) is 5.56 Å². The summed E-state index contributed by atoms with van der Waals surface area (Å²) in [6.07, 6.45) is 1.43. The molecule has 146 valence electrons. The number of ether oxygens (including phenoxy) is 1. The smallest absolute Gasteiger partial charge is 0.275 e. The van der Waals surface area contributed by atoms with Crippen molar-refractivity contribution in [2.75, 3.05) is 26.3 Å². The lowest BCUT2D eigenvalue weighted by Gasteiger charge is -2.26. The zero-order valence-electron chi connectivity index (χ0n) is 15.5. The SMILES string of the molecule is CC(C)N(Cc1nc(C(=O)N2CCOCC2)co1)Cc1ccc(Cl)cc1Cl. The van der Waals surface area contributed by atoms with Crippen molar-refractivity contribution in [3.8, 4) is 0 Å². The average molecular weight is 412 g/mol. The standard InChI is InChI=1S/C19H23Cl2N3O3/c1-13(2)24(10-14-3-4-15(20)9-16(14)21)11-18-22-17(12-27-18)19(25)23-5-7-26-8-6-23/h3-4,9,12-13H,5-8,10-11H2,1-2H3. The van der Waals surface area contributed by atoms with Crippen molar-refractivity contribution in [2.45, 2.75) is 33.0 Å². The minimum absolute atomic E-state index is 0.120.